The molecule has 46 heavy (non-hydrogen) atoms. The number of aromatic nitrogens is 8. The van der Waals surface area contributed by atoms with Crippen molar-refractivity contribution in [1.29, 1.82) is 0 Å². The van der Waals surface area contributed by atoms with Crippen molar-refractivity contribution in [1.82, 2.24) is 39.0 Å². The first-order chi connectivity index (χ1) is 21.8. The summed E-state index contributed by atoms with van der Waals surface area (Å²) in [6, 6.07) is 11.1. The van der Waals surface area contributed by atoms with Crippen LogP contribution in [0.1, 0.15) is 52.9 Å². The van der Waals surface area contributed by atoms with Crippen molar-refractivity contribution < 1.29 is 4.79 Å². The second-order valence-electron chi connectivity index (χ2n) is 13.5. The summed E-state index contributed by atoms with van der Waals surface area (Å²) in [7, 11) is 0. The fourth-order valence-corrected chi connectivity index (χ4v) is 4.92. The number of nitrogens with zero attached hydrogens (tertiary/aromatic N) is 8. The lowest BCUT2D eigenvalue weighted by Crippen LogP contribution is -2.12. The van der Waals surface area contributed by atoms with Gasteiger partial charge in [0, 0.05) is 23.8 Å². The summed E-state index contributed by atoms with van der Waals surface area (Å²) >= 11 is 0. The number of imidazole rings is 2. The van der Waals surface area contributed by atoms with Crippen LogP contribution in [0.4, 0.5) is 11.4 Å². The summed E-state index contributed by atoms with van der Waals surface area (Å²) in [5, 5.41) is 2.64. The maximum Gasteiger partial charge on any atom is 0.300 e. The van der Waals surface area contributed by atoms with Crippen LogP contribution in [0.5, 0.6) is 0 Å². The fraction of sp³-hybridized carbons (Fsp3) is 0.286. The standard InChI is InChI=1S/C19H19N5O.C16H19N5/c1-5-18(25)23-13-6-7-15-16(8-13)24(12-21-15)17-11-20-10-14(22-17)9-19(2,3)4;1-16(2,3)7-12-8-18-9-15(20-12)21-10-19-13-5-4-11(17)6-14(13)21/h1,6-8,10-12H,9H2,2-4H3,(H,23,25);4-6,8-10H,7,17H2,1-3H3. The second-order valence-corrected chi connectivity index (χ2v) is 13.5. The minimum atomic E-state index is -0.489. The maximum absolute atomic E-state index is 11.4. The van der Waals surface area contributed by atoms with Crippen molar-refractivity contribution in [2.45, 2.75) is 54.4 Å². The van der Waals surface area contributed by atoms with Gasteiger partial charge in [-0.25, -0.2) is 19.9 Å². The molecule has 0 radical (unpaired) electrons. The smallest absolute Gasteiger partial charge is 0.300 e. The van der Waals surface area contributed by atoms with Crippen molar-refractivity contribution in [2.75, 3.05) is 11.1 Å². The molecular formula is C35H38N10O. The molecule has 0 aliphatic carbocycles. The topological polar surface area (TPSA) is 142 Å². The van der Waals surface area contributed by atoms with Gasteiger partial charge in [-0.3, -0.25) is 23.9 Å². The van der Waals surface area contributed by atoms with Crippen LogP contribution in [0.25, 0.3) is 33.7 Å². The Kier molecular flexibility index (Phi) is 8.82. The summed E-state index contributed by atoms with van der Waals surface area (Å²) < 4.78 is 3.77. The number of carbonyl (C=O) groups excluding carboxylic acids is 1. The van der Waals surface area contributed by atoms with E-state index in [0.717, 1.165) is 52.1 Å². The Bertz CT molecular complexity index is 2050. The van der Waals surface area contributed by atoms with E-state index in [0.29, 0.717) is 17.2 Å². The Morgan fingerprint density at radius 2 is 1.28 bits per heavy atom. The molecule has 0 fully saturated rings. The largest absolute Gasteiger partial charge is 0.399 e. The Hall–Kier alpha value is -5.63. The molecule has 6 rings (SSSR count). The monoisotopic (exact) mass is 614 g/mol. The Balaban J connectivity index is 0.000000184. The van der Waals surface area contributed by atoms with Crippen molar-refractivity contribution in [3.05, 3.63) is 85.2 Å². The van der Waals surface area contributed by atoms with Gasteiger partial charge in [0.25, 0.3) is 5.91 Å². The maximum atomic E-state index is 11.4. The summed E-state index contributed by atoms with van der Waals surface area (Å²) in [4.78, 5) is 38.2. The molecule has 0 unspecified atom stereocenters. The molecule has 234 valence electrons. The molecule has 4 aromatic heterocycles. The SMILES string of the molecule is C#CC(=O)Nc1ccc2ncn(-c3cncc(CC(C)(C)C)n3)c2c1.CC(C)(C)Cc1cncc(-n2cnc3ccc(N)cc32)n1. The first kappa shape index (κ1) is 31.8. The fourth-order valence-electron chi connectivity index (χ4n) is 4.92. The molecule has 11 heteroatoms. The highest BCUT2D eigenvalue weighted by molar-refractivity contribution is 6.04. The number of nitrogens with two attached hydrogens (primary N) is 1. The predicted octanol–water partition coefficient (Wildman–Crippen LogP) is 5.96. The van der Waals surface area contributed by atoms with Crippen molar-refractivity contribution in [2.24, 2.45) is 10.8 Å². The van der Waals surface area contributed by atoms with E-state index in [-0.39, 0.29) is 10.8 Å². The number of carbonyl (C=O) groups is 1. The molecule has 0 bridgehead atoms. The van der Waals surface area contributed by atoms with E-state index in [4.69, 9.17) is 22.1 Å². The van der Waals surface area contributed by atoms with Crippen LogP contribution in [0, 0.1) is 23.2 Å². The molecule has 6 aromatic rings. The van der Waals surface area contributed by atoms with E-state index >= 15 is 0 Å². The molecule has 11 nitrogen and oxygen atoms in total. The molecule has 1 amide bonds. The summed E-state index contributed by atoms with van der Waals surface area (Å²) in [5.74, 6) is 3.00. The Labute approximate surface area is 268 Å². The molecule has 0 saturated carbocycles. The number of hydrogen-bond acceptors (Lipinski definition) is 8. The van der Waals surface area contributed by atoms with E-state index in [1.54, 1.807) is 37.3 Å². The molecule has 0 aliphatic heterocycles. The molecule has 2 aromatic carbocycles. The lowest BCUT2D eigenvalue weighted by Gasteiger charge is -2.17. The van der Waals surface area contributed by atoms with Gasteiger partial charge in [-0.05, 0) is 66.0 Å². The number of fused-ring (bicyclic) bond motifs is 2. The van der Waals surface area contributed by atoms with Gasteiger partial charge in [0.05, 0.1) is 45.8 Å². The lowest BCUT2D eigenvalue weighted by atomic mass is 9.91. The third kappa shape index (κ3) is 7.90. The van der Waals surface area contributed by atoms with Gasteiger partial charge in [-0.2, -0.15) is 0 Å². The van der Waals surface area contributed by atoms with E-state index in [2.05, 4.69) is 66.8 Å². The minimum absolute atomic E-state index is 0.122. The number of terminal acetylenes is 1. The number of amides is 1. The molecule has 4 heterocycles. The van der Waals surface area contributed by atoms with E-state index < -0.39 is 5.91 Å². The van der Waals surface area contributed by atoms with Gasteiger partial charge in [0.15, 0.2) is 11.6 Å². The highest BCUT2D eigenvalue weighted by Crippen LogP contribution is 2.24. The normalized spacial score (nSPS) is 11.6. The van der Waals surface area contributed by atoms with Crippen molar-refractivity contribution in [3.8, 4) is 24.0 Å². The van der Waals surface area contributed by atoms with E-state index in [1.165, 1.54) is 0 Å². The van der Waals surface area contributed by atoms with Crippen LogP contribution in [0.2, 0.25) is 0 Å². The summed E-state index contributed by atoms with van der Waals surface area (Å²) in [5.41, 5.74) is 12.8. The molecule has 0 aliphatic rings. The number of benzene rings is 2. The Morgan fingerprint density at radius 1 is 0.783 bits per heavy atom. The van der Waals surface area contributed by atoms with Gasteiger partial charge in [-0.15, -0.1) is 6.42 Å². The predicted molar refractivity (Wildman–Crippen MR) is 182 cm³/mol. The van der Waals surface area contributed by atoms with E-state index in [9.17, 15) is 4.79 Å². The number of anilines is 2. The highest BCUT2D eigenvalue weighted by atomic mass is 16.1. The lowest BCUT2D eigenvalue weighted by molar-refractivity contribution is -0.111. The average molecular weight is 615 g/mol. The van der Waals surface area contributed by atoms with Gasteiger partial charge in [0.2, 0.25) is 0 Å². The zero-order valence-electron chi connectivity index (χ0n) is 27.0. The van der Waals surface area contributed by atoms with Gasteiger partial charge >= 0.3 is 0 Å². The molecular weight excluding hydrogens is 576 g/mol. The van der Waals surface area contributed by atoms with Gasteiger partial charge < -0.3 is 11.1 Å². The van der Waals surface area contributed by atoms with Crippen molar-refractivity contribution >= 4 is 39.3 Å². The van der Waals surface area contributed by atoms with Crippen LogP contribution in [0.15, 0.2) is 73.8 Å². The first-order valence-electron chi connectivity index (χ1n) is 14.9. The van der Waals surface area contributed by atoms with E-state index in [1.807, 2.05) is 51.6 Å². The van der Waals surface area contributed by atoms with Crippen LogP contribution < -0.4 is 11.1 Å². The van der Waals surface area contributed by atoms with Gasteiger partial charge in [-0.1, -0.05) is 41.5 Å². The van der Waals surface area contributed by atoms with Crippen LogP contribution in [-0.4, -0.2) is 44.9 Å². The summed E-state index contributed by atoms with van der Waals surface area (Å²) in [6.07, 6.45) is 17.3. The molecule has 3 N–H and O–H groups in total. The quantitative estimate of drug-likeness (QED) is 0.179. The number of rotatable bonds is 5. The number of hydrogen-bond donors (Lipinski definition) is 2. The first-order valence-corrected chi connectivity index (χ1v) is 14.9. The number of nitrogen functional groups attached to an aromatic ring is 1. The van der Waals surface area contributed by atoms with Gasteiger partial charge in [0.1, 0.15) is 12.7 Å². The van der Waals surface area contributed by atoms with Crippen LogP contribution >= 0.6 is 0 Å². The highest BCUT2D eigenvalue weighted by Gasteiger charge is 2.16. The summed E-state index contributed by atoms with van der Waals surface area (Å²) in [6.45, 7) is 13.1. The zero-order valence-corrected chi connectivity index (χ0v) is 27.0. The zero-order chi connectivity index (χ0) is 33.1. The Morgan fingerprint density at radius 3 is 1.78 bits per heavy atom. The third-order valence-electron chi connectivity index (χ3n) is 6.77. The average Bonchev–Trinajstić information content (AvgIpc) is 3.60. The van der Waals surface area contributed by atoms with Crippen LogP contribution in [-0.2, 0) is 17.6 Å². The molecule has 0 spiro atoms. The van der Waals surface area contributed by atoms with Crippen molar-refractivity contribution in [3.63, 3.8) is 0 Å². The second kappa shape index (κ2) is 12.8. The minimum Gasteiger partial charge on any atom is -0.399 e. The molecule has 0 atom stereocenters. The molecule has 0 saturated heterocycles. The third-order valence-corrected chi connectivity index (χ3v) is 6.77. The number of nitrogens with one attached hydrogen (secondary N) is 1. The van der Waals surface area contributed by atoms with Crippen LogP contribution in [0.3, 0.4) is 0 Å².